The number of anilines is 1. The van der Waals surface area contributed by atoms with Gasteiger partial charge in [0.1, 0.15) is 5.75 Å². The molecule has 0 bridgehead atoms. The van der Waals surface area contributed by atoms with Crippen LogP contribution in [0.3, 0.4) is 0 Å². The van der Waals surface area contributed by atoms with Crippen molar-refractivity contribution in [3.05, 3.63) is 23.2 Å². The number of nitrogens with zero attached hydrogens (tertiary/aromatic N) is 2. The maximum Gasteiger partial charge on any atom is 0.387 e. The van der Waals surface area contributed by atoms with Crippen LogP contribution in [0.25, 0.3) is 0 Å². The normalized spacial score (nSPS) is 18.2. The third-order valence-corrected chi connectivity index (χ3v) is 4.39. The van der Waals surface area contributed by atoms with E-state index in [2.05, 4.69) is 26.9 Å². The van der Waals surface area contributed by atoms with E-state index in [1.807, 2.05) is 6.92 Å². The van der Waals surface area contributed by atoms with Gasteiger partial charge >= 0.3 is 6.61 Å². The Kier molecular flexibility index (Phi) is 6.77. The van der Waals surface area contributed by atoms with Gasteiger partial charge in [-0.1, -0.05) is 11.6 Å². The number of likely N-dealkylation sites (N-methyl/N-ethyl adjacent to an activating group) is 1. The Morgan fingerprint density at radius 2 is 2.04 bits per heavy atom. The number of benzene rings is 1. The second kappa shape index (κ2) is 8.60. The number of halogens is 3. The van der Waals surface area contributed by atoms with E-state index in [9.17, 15) is 13.6 Å². The highest BCUT2D eigenvalue weighted by molar-refractivity contribution is 6.32. The molecule has 8 heteroatoms. The third kappa shape index (κ3) is 5.29. The van der Waals surface area contributed by atoms with Crippen molar-refractivity contribution in [2.45, 2.75) is 26.0 Å². The van der Waals surface area contributed by atoms with Crippen LogP contribution in [0.2, 0.25) is 5.02 Å². The zero-order chi connectivity index (χ0) is 17.7. The highest BCUT2D eigenvalue weighted by Crippen LogP contribution is 2.29. The molecule has 24 heavy (non-hydrogen) atoms. The Morgan fingerprint density at radius 1 is 1.29 bits per heavy atom. The van der Waals surface area contributed by atoms with Crippen LogP contribution in [0.1, 0.15) is 13.3 Å². The standard InChI is InChI=1S/C16H22ClF2N3O2/c1-11(22-7-3-6-21(2)8-9-22)15(23)20-12-4-5-14(13(17)10-12)24-16(18)19/h4-5,10-11,16H,3,6-9H2,1-2H3,(H,20,23)/t11-/m1/s1. The van der Waals surface area contributed by atoms with E-state index in [4.69, 9.17) is 11.6 Å². The van der Waals surface area contributed by atoms with E-state index in [-0.39, 0.29) is 22.7 Å². The van der Waals surface area contributed by atoms with Crippen LogP contribution in [0, 0.1) is 0 Å². The van der Waals surface area contributed by atoms with Crippen LogP contribution >= 0.6 is 11.6 Å². The first-order valence-corrected chi connectivity index (χ1v) is 8.22. The monoisotopic (exact) mass is 361 g/mol. The summed E-state index contributed by atoms with van der Waals surface area (Å²) in [5.74, 6) is -0.272. The lowest BCUT2D eigenvalue weighted by Crippen LogP contribution is -2.43. The first-order chi connectivity index (χ1) is 11.4. The predicted molar refractivity (Wildman–Crippen MR) is 89.9 cm³/mol. The van der Waals surface area contributed by atoms with Gasteiger partial charge in [0.15, 0.2) is 0 Å². The van der Waals surface area contributed by atoms with Crippen LogP contribution in [0.5, 0.6) is 5.75 Å². The largest absolute Gasteiger partial charge is 0.433 e. The molecule has 1 heterocycles. The van der Waals surface area contributed by atoms with Crippen molar-refractivity contribution < 1.29 is 18.3 Å². The minimum absolute atomic E-state index is 0.0251. The maximum atomic E-state index is 12.4. The zero-order valence-electron chi connectivity index (χ0n) is 13.8. The molecule has 1 saturated heterocycles. The van der Waals surface area contributed by atoms with Gasteiger partial charge in [-0.05, 0) is 45.1 Å². The average Bonchev–Trinajstić information content (AvgIpc) is 2.73. The number of carbonyl (C=O) groups excluding carboxylic acids is 1. The van der Waals surface area contributed by atoms with Gasteiger partial charge in [0.05, 0.1) is 11.1 Å². The molecular weight excluding hydrogens is 340 g/mol. The van der Waals surface area contributed by atoms with Gasteiger partial charge in [-0.3, -0.25) is 9.69 Å². The number of ether oxygens (including phenoxy) is 1. The van der Waals surface area contributed by atoms with Gasteiger partial charge in [0, 0.05) is 25.3 Å². The molecule has 1 aliphatic heterocycles. The second-order valence-corrected chi connectivity index (χ2v) is 6.29. The van der Waals surface area contributed by atoms with E-state index in [1.165, 1.54) is 18.2 Å². The van der Waals surface area contributed by atoms with Crippen molar-refractivity contribution in [2.24, 2.45) is 0 Å². The van der Waals surface area contributed by atoms with Gasteiger partial charge in [0.25, 0.3) is 0 Å². The molecule has 0 unspecified atom stereocenters. The van der Waals surface area contributed by atoms with Crippen LogP contribution in [-0.2, 0) is 4.79 Å². The molecule has 1 aromatic carbocycles. The Bertz CT molecular complexity index is 574. The molecule has 1 atom stereocenters. The molecule has 134 valence electrons. The van der Waals surface area contributed by atoms with E-state index >= 15 is 0 Å². The van der Waals surface area contributed by atoms with Crippen LogP contribution < -0.4 is 10.1 Å². The molecule has 0 saturated carbocycles. The average molecular weight is 362 g/mol. The molecule has 1 aliphatic rings. The molecule has 0 radical (unpaired) electrons. The molecule has 1 N–H and O–H groups in total. The Labute approximate surface area is 145 Å². The highest BCUT2D eigenvalue weighted by atomic mass is 35.5. The molecule has 2 rings (SSSR count). The van der Waals surface area contributed by atoms with Crippen molar-refractivity contribution in [3.8, 4) is 5.75 Å². The number of carbonyl (C=O) groups is 1. The third-order valence-electron chi connectivity index (χ3n) is 4.10. The molecule has 5 nitrogen and oxygen atoms in total. The quantitative estimate of drug-likeness (QED) is 0.876. The minimum Gasteiger partial charge on any atom is -0.433 e. The van der Waals surface area contributed by atoms with Gasteiger partial charge in [-0.25, -0.2) is 0 Å². The topological polar surface area (TPSA) is 44.8 Å². The fourth-order valence-electron chi connectivity index (χ4n) is 2.64. The summed E-state index contributed by atoms with van der Waals surface area (Å²) in [7, 11) is 2.07. The summed E-state index contributed by atoms with van der Waals surface area (Å²) in [6.45, 7) is 2.55. The summed E-state index contributed by atoms with van der Waals surface area (Å²) in [5.41, 5.74) is 0.449. The Morgan fingerprint density at radius 3 is 2.71 bits per heavy atom. The van der Waals surface area contributed by atoms with Gasteiger partial charge in [-0.15, -0.1) is 0 Å². The maximum absolute atomic E-state index is 12.4. The fraction of sp³-hybridized carbons (Fsp3) is 0.562. The van der Waals surface area contributed by atoms with Crippen molar-refractivity contribution in [1.82, 2.24) is 9.80 Å². The van der Waals surface area contributed by atoms with E-state index in [1.54, 1.807) is 0 Å². The SMILES string of the molecule is C[C@H](C(=O)Nc1ccc(OC(F)F)c(Cl)c1)N1CCCN(C)CC1. The summed E-state index contributed by atoms with van der Waals surface area (Å²) >= 11 is 5.90. The first-order valence-electron chi connectivity index (χ1n) is 7.84. The number of nitrogens with one attached hydrogen (secondary N) is 1. The second-order valence-electron chi connectivity index (χ2n) is 5.88. The summed E-state index contributed by atoms with van der Waals surface area (Å²) in [6.07, 6.45) is 1.01. The van der Waals surface area contributed by atoms with Crippen LogP contribution in [0.4, 0.5) is 14.5 Å². The van der Waals surface area contributed by atoms with Gasteiger partial charge in [0.2, 0.25) is 5.91 Å². The lowest BCUT2D eigenvalue weighted by atomic mass is 10.2. The summed E-state index contributed by atoms with van der Waals surface area (Å²) < 4.78 is 28.7. The van der Waals surface area contributed by atoms with Gasteiger partial charge < -0.3 is 15.0 Å². The molecular formula is C16H22ClF2N3O2. The number of hydrogen-bond donors (Lipinski definition) is 1. The van der Waals surface area contributed by atoms with Crippen LogP contribution in [-0.4, -0.2) is 61.6 Å². The van der Waals surface area contributed by atoms with Crippen molar-refractivity contribution >= 4 is 23.2 Å². The van der Waals surface area contributed by atoms with Gasteiger partial charge in [-0.2, -0.15) is 8.78 Å². The lowest BCUT2D eigenvalue weighted by Gasteiger charge is -2.26. The molecule has 0 aliphatic carbocycles. The van der Waals surface area contributed by atoms with Crippen molar-refractivity contribution in [3.63, 3.8) is 0 Å². The number of rotatable bonds is 5. The fourth-order valence-corrected chi connectivity index (χ4v) is 2.86. The summed E-state index contributed by atoms with van der Waals surface area (Å²) in [5, 5.41) is 2.80. The van der Waals surface area contributed by atoms with E-state index in [0.29, 0.717) is 5.69 Å². The van der Waals surface area contributed by atoms with Crippen molar-refractivity contribution in [1.29, 1.82) is 0 Å². The zero-order valence-corrected chi connectivity index (χ0v) is 14.5. The molecule has 0 spiro atoms. The minimum atomic E-state index is -2.94. The van der Waals surface area contributed by atoms with Crippen molar-refractivity contribution in [2.75, 3.05) is 38.5 Å². The number of amides is 1. The number of alkyl halides is 2. The molecule has 1 aromatic rings. The molecule has 1 fully saturated rings. The Hall–Kier alpha value is -1.44. The molecule has 0 aromatic heterocycles. The first kappa shape index (κ1) is 18.9. The Balaban J connectivity index is 1.97. The lowest BCUT2D eigenvalue weighted by molar-refractivity contribution is -0.120. The smallest absolute Gasteiger partial charge is 0.387 e. The van der Waals surface area contributed by atoms with E-state index < -0.39 is 6.61 Å². The van der Waals surface area contributed by atoms with E-state index in [0.717, 1.165) is 32.6 Å². The highest BCUT2D eigenvalue weighted by Gasteiger charge is 2.23. The number of hydrogen-bond acceptors (Lipinski definition) is 4. The summed E-state index contributed by atoms with van der Waals surface area (Å²) in [4.78, 5) is 16.8. The predicted octanol–water partition coefficient (Wildman–Crippen LogP) is 2.91. The molecule has 1 amide bonds. The summed E-state index contributed by atoms with van der Waals surface area (Å²) in [6, 6.07) is 3.92. The van der Waals surface area contributed by atoms with Crippen LogP contribution in [0.15, 0.2) is 18.2 Å².